The smallest absolute Gasteiger partial charge is 0.468 e. The van der Waals surface area contributed by atoms with Crippen LogP contribution < -0.4 is 0 Å². The van der Waals surface area contributed by atoms with Gasteiger partial charge in [-0.2, -0.15) is 43.9 Å². The molecule has 19 heteroatoms. The van der Waals surface area contributed by atoms with E-state index in [9.17, 15) is 66.5 Å². The van der Waals surface area contributed by atoms with Gasteiger partial charge in [-0.05, 0) is 6.42 Å². The topological polar surface area (TPSA) is 119 Å². The first-order chi connectivity index (χ1) is 15.0. The van der Waals surface area contributed by atoms with Crippen LogP contribution in [0.2, 0.25) is 0 Å². The minimum absolute atomic E-state index is 0.654. The number of carbonyl (C=O) groups is 2. The number of hydrogen-bond donors (Lipinski definition) is 0. The Labute approximate surface area is 183 Å². The minimum Gasteiger partial charge on any atom is -0.743 e. The van der Waals surface area contributed by atoms with Crippen LogP contribution in [0.15, 0.2) is 24.8 Å². The molecule has 1 unspecified atom stereocenters. The maximum absolute atomic E-state index is 13.6. The predicted octanol–water partition coefficient (Wildman–Crippen LogP) is 3.21. The molecule has 0 aliphatic heterocycles. The molecule has 0 aliphatic carbocycles. The van der Waals surface area contributed by atoms with Crippen LogP contribution in [0, 0.1) is 0 Å². The van der Waals surface area contributed by atoms with Gasteiger partial charge in [-0.25, -0.2) is 18.0 Å². The average molecular weight is 543 g/mol. The van der Waals surface area contributed by atoms with E-state index in [-0.39, 0.29) is 0 Å². The molecule has 34 heavy (non-hydrogen) atoms. The molecule has 0 saturated heterocycles. The van der Waals surface area contributed by atoms with Crippen LogP contribution in [-0.2, 0) is 33.9 Å². The molecule has 0 aromatic heterocycles. The van der Waals surface area contributed by atoms with Gasteiger partial charge >= 0.3 is 41.3 Å². The lowest BCUT2D eigenvalue weighted by Gasteiger charge is -2.33. The summed E-state index contributed by atoms with van der Waals surface area (Å²) in [5, 5.41) is -6.21. The molecule has 0 rings (SSSR count). The fourth-order valence-electron chi connectivity index (χ4n) is 1.76. The molecule has 0 aromatic carbocycles. The summed E-state index contributed by atoms with van der Waals surface area (Å²) in [7, 11) is -6.94. The molecule has 0 radical (unpaired) electrons. The number of rotatable bonds is 12. The Morgan fingerprint density at radius 1 is 0.971 bits per heavy atom. The second kappa shape index (κ2) is 10.5. The van der Waals surface area contributed by atoms with Gasteiger partial charge in [-0.15, -0.1) is 0 Å². The molecule has 0 saturated carbocycles. The van der Waals surface area contributed by atoms with Crippen LogP contribution >= 0.6 is 0 Å². The summed E-state index contributed by atoms with van der Waals surface area (Å²) in [5.41, 5.74) is -2.56. The van der Waals surface area contributed by atoms with Crippen LogP contribution in [-0.4, -0.2) is 67.4 Å². The first kappa shape index (κ1) is 31.6. The molecule has 0 spiro atoms. The molecule has 1 atom stereocenters. The SMILES string of the molecule is C=CCOC(=O)C(OCCCC(F)(F)C(F)(F)S(=O)(=O)[O-])(OC(=O)C(=C)C(F)(F)F)C(F)(F)F. The summed E-state index contributed by atoms with van der Waals surface area (Å²) in [6, 6.07) is 0. The molecule has 0 fully saturated rings. The number of ether oxygens (including phenoxy) is 3. The number of alkyl halides is 10. The molecule has 0 aliphatic rings. The lowest BCUT2D eigenvalue weighted by atomic mass is 10.2. The normalized spacial score (nSPS) is 15.3. The predicted molar refractivity (Wildman–Crippen MR) is 86.0 cm³/mol. The van der Waals surface area contributed by atoms with Crippen molar-refractivity contribution in [3.63, 3.8) is 0 Å². The maximum Gasteiger partial charge on any atom is 0.468 e. The summed E-state index contributed by atoms with van der Waals surface area (Å²) < 4.78 is 173. The molecule has 0 bridgehead atoms. The average Bonchev–Trinajstić information content (AvgIpc) is 2.64. The van der Waals surface area contributed by atoms with Gasteiger partial charge in [-0.3, -0.25) is 0 Å². The molecule has 8 nitrogen and oxygen atoms in total. The fraction of sp³-hybridized carbons (Fsp3) is 0.600. The molecule has 198 valence electrons. The van der Waals surface area contributed by atoms with E-state index in [1.54, 1.807) is 0 Å². The Morgan fingerprint density at radius 3 is 1.85 bits per heavy atom. The van der Waals surface area contributed by atoms with Gasteiger partial charge in [0.25, 0.3) is 0 Å². The Morgan fingerprint density at radius 2 is 1.47 bits per heavy atom. The standard InChI is InChI=1S/C15H14F10O8S/c1-3-6-31-10(27)12(14(21,22)23,33-9(26)8(2)13(18,19)20)32-7-4-5-11(16,17)15(24,25)34(28,29)30/h3H,1-2,4-7H2,(H,28,29,30)/p-1. The van der Waals surface area contributed by atoms with Crippen molar-refractivity contribution < 1.29 is 80.7 Å². The quantitative estimate of drug-likeness (QED) is 0.0701. The Balaban J connectivity index is 5.98. The van der Waals surface area contributed by atoms with E-state index in [0.717, 1.165) is 0 Å². The summed E-state index contributed by atoms with van der Waals surface area (Å²) in [5.74, 6) is -16.3. The van der Waals surface area contributed by atoms with Crippen LogP contribution in [0.3, 0.4) is 0 Å². The van der Waals surface area contributed by atoms with Gasteiger partial charge in [-0.1, -0.05) is 19.2 Å². The maximum atomic E-state index is 13.6. The van der Waals surface area contributed by atoms with Crippen LogP contribution in [0.4, 0.5) is 43.9 Å². The second-order valence-electron chi connectivity index (χ2n) is 5.99. The van der Waals surface area contributed by atoms with Gasteiger partial charge in [0.15, 0.2) is 10.1 Å². The van der Waals surface area contributed by atoms with Gasteiger partial charge < -0.3 is 18.8 Å². The third-order valence-corrected chi connectivity index (χ3v) is 4.41. The van der Waals surface area contributed by atoms with E-state index in [0.29, 0.717) is 6.08 Å². The zero-order valence-corrected chi connectivity index (χ0v) is 17.1. The molecule has 0 amide bonds. The highest BCUT2D eigenvalue weighted by atomic mass is 32.2. The van der Waals surface area contributed by atoms with Crippen molar-refractivity contribution in [3.05, 3.63) is 24.8 Å². The monoisotopic (exact) mass is 543 g/mol. The van der Waals surface area contributed by atoms with Crippen LogP contribution in [0.5, 0.6) is 0 Å². The zero-order chi connectivity index (χ0) is 27.4. The molecular weight excluding hydrogens is 530 g/mol. The van der Waals surface area contributed by atoms with Crippen LogP contribution in [0.1, 0.15) is 12.8 Å². The summed E-state index contributed by atoms with van der Waals surface area (Å²) >= 11 is 0. The molecule has 0 aromatic rings. The van der Waals surface area contributed by atoms with Crippen molar-refractivity contribution in [2.45, 2.75) is 42.2 Å². The lowest BCUT2D eigenvalue weighted by Crippen LogP contribution is -2.58. The number of carbonyl (C=O) groups excluding carboxylic acids is 2. The van der Waals surface area contributed by atoms with Gasteiger partial charge in [0.05, 0.1) is 6.61 Å². The minimum atomic E-state index is -6.94. The van der Waals surface area contributed by atoms with Crippen molar-refractivity contribution in [2.75, 3.05) is 13.2 Å². The number of hydrogen-bond acceptors (Lipinski definition) is 8. The van der Waals surface area contributed by atoms with Crippen molar-refractivity contribution >= 4 is 22.1 Å². The summed E-state index contributed by atoms with van der Waals surface area (Å²) in [6.07, 6.45) is -15.2. The largest absolute Gasteiger partial charge is 0.743 e. The van der Waals surface area contributed by atoms with E-state index in [1.807, 2.05) is 0 Å². The molecular formula is C15H13F10O8S-. The van der Waals surface area contributed by atoms with Crippen LogP contribution in [0.25, 0.3) is 0 Å². The van der Waals surface area contributed by atoms with E-state index in [4.69, 9.17) is 0 Å². The van der Waals surface area contributed by atoms with E-state index in [2.05, 4.69) is 27.4 Å². The van der Waals surface area contributed by atoms with E-state index in [1.165, 1.54) is 0 Å². The Bertz CT molecular complexity index is 894. The number of halogens is 10. The first-order valence-corrected chi connectivity index (χ1v) is 9.58. The van der Waals surface area contributed by atoms with Gasteiger partial charge in [0.2, 0.25) is 0 Å². The van der Waals surface area contributed by atoms with Gasteiger partial charge in [0, 0.05) is 6.42 Å². The van der Waals surface area contributed by atoms with Crippen molar-refractivity contribution in [2.24, 2.45) is 0 Å². The first-order valence-electron chi connectivity index (χ1n) is 8.17. The fourth-order valence-corrected chi connectivity index (χ4v) is 2.23. The van der Waals surface area contributed by atoms with Crippen molar-refractivity contribution in [3.8, 4) is 0 Å². The number of esters is 2. The van der Waals surface area contributed by atoms with E-state index < -0.39 is 83.0 Å². The van der Waals surface area contributed by atoms with Crippen molar-refractivity contribution in [1.82, 2.24) is 0 Å². The van der Waals surface area contributed by atoms with Crippen molar-refractivity contribution in [1.29, 1.82) is 0 Å². The lowest BCUT2D eigenvalue weighted by molar-refractivity contribution is -0.355. The molecule has 0 heterocycles. The third kappa shape index (κ3) is 7.05. The summed E-state index contributed by atoms with van der Waals surface area (Å²) in [6.45, 7) is 2.15. The van der Waals surface area contributed by atoms with E-state index >= 15 is 0 Å². The highest BCUT2D eigenvalue weighted by Gasteiger charge is 2.68. The zero-order valence-electron chi connectivity index (χ0n) is 16.3. The summed E-state index contributed by atoms with van der Waals surface area (Å²) in [4.78, 5) is 23.4. The highest BCUT2D eigenvalue weighted by Crippen LogP contribution is 2.42. The Hall–Kier alpha value is -2.41. The Kier molecular flexibility index (Phi) is 9.72. The third-order valence-electron chi connectivity index (χ3n) is 3.48. The highest BCUT2D eigenvalue weighted by molar-refractivity contribution is 7.86. The van der Waals surface area contributed by atoms with Gasteiger partial charge in [0.1, 0.15) is 12.2 Å². The molecule has 0 N–H and O–H groups in total. The second-order valence-corrected chi connectivity index (χ2v) is 7.42.